The second kappa shape index (κ2) is 6.49. The van der Waals surface area contributed by atoms with Gasteiger partial charge in [0.05, 0.1) is 10.6 Å². The van der Waals surface area contributed by atoms with Crippen LogP contribution in [0.25, 0.3) is 11.3 Å². The Bertz CT molecular complexity index is 888. The van der Waals surface area contributed by atoms with Crippen molar-refractivity contribution in [2.45, 2.75) is 19.5 Å². The Morgan fingerprint density at radius 3 is 2.60 bits per heavy atom. The summed E-state index contributed by atoms with van der Waals surface area (Å²) in [5.41, 5.74) is 5.55. The van der Waals surface area contributed by atoms with Crippen LogP contribution in [0.5, 0.6) is 0 Å². The van der Waals surface area contributed by atoms with Crippen molar-refractivity contribution in [2.75, 3.05) is 6.54 Å². The van der Waals surface area contributed by atoms with Gasteiger partial charge in [0, 0.05) is 55.0 Å². The minimum Gasteiger partial charge on any atom is -0.294 e. The van der Waals surface area contributed by atoms with E-state index in [1.165, 1.54) is 23.3 Å². The Labute approximate surface area is 145 Å². The third-order valence-corrected chi connectivity index (χ3v) is 4.61. The molecule has 0 aliphatic carbocycles. The van der Waals surface area contributed by atoms with E-state index in [9.17, 15) is 10.1 Å². The van der Waals surface area contributed by atoms with Gasteiger partial charge in [0.25, 0.3) is 5.69 Å². The second-order valence-electron chi connectivity index (χ2n) is 6.28. The first-order valence-corrected chi connectivity index (χ1v) is 8.28. The summed E-state index contributed by atoms with van der Waals surface area (Å²) in [4.78, 5) is 12.8. The second-order valence-corrected chi connectivity index (χ2v) is 6.28. The SMILES string of the molecule is O=[N+]([O-])c1ccc(-c2n[nH]c3c2CN(Cc2ccccc2)CC3)cc1. The lowest BCUT2D eigenvalue weighted by atomic mass is 10.0. The summed E-state index contributed by atoms with van der Waals surface area (Å²) < 4.78 is 0. The van der Waals surface area contributed by atoms with Gasteiger partial charge >= 0.3 is 0 Å². The van der Waals surface area contributed by atoms with Crippen molar-refractivity contribution >= 4 is 5.69 Å². The van der Waals surface area contributed by atoms with E-state index in [2.05, 4.69) is 39.4 Å². The van der Waals surface area contributed by atoms with E-state index in [1.807, 2.05) is 6.07 Å². The van der Waals surface area contributed by atoms with Crippen molar-refractivity contribution in [1.29, 1.82) is 0 Å². The van der Waals surface area contributed by atoms with Crippen molar-refractivity contribution in [3.63, 3.8) is 0 Å². The Morgan fingerprint density at radius 1 is 1.12 bits per heavy atom. The summed E-state index contributed by atoms with van der Waals surface area (Å²) in [6.07, 6.45) is 0.933. The van der Waals surface area contributed by atoms with Gasteiger partial charge in [-0.05, 0) is 17.7 Å². The predicted molar refractivity (Wildman–Crippen MR) is 94.9 cm³/mol. The zero-order valence-corrected chi connectivity index (χ0v) is 13.7. The zero-order chi connectivity index (χ0) is 17.2. The first-order valence-electron chi connectivity index (χ1n) is 8.28. The lowest BCUT2D eigenvalue weighted by Crippen LogP contribution is -2.29. The molecule has 4 rings (SSSR count). The minimum atomic E-state index is -0.384. The highest BCUT2D eigenvalue weighted by Gasteiger charge is 2.23. The molecule has 1 aliphatic rings. The van der Waals surface area contributed by atoms with E-state index in [4.69, 9.17) is 0 Å². The Hall–Kier alpha value is -2.99. The van der Waals surface area contributed by atoms with Crippen LogP contribution in [0.2, 0.25) is 0 Å². The first-order chi connectivity index (χ1) is 12.2. The Kier molecular flexibility index (Phi) is 4.03. The molecule has 3 aromatic rings. The number of nitro groups is 1. The molecule has 2 aromatic carbocycles. The number of hydrogen-bond acceptors (Lipinski definition) is 4. The molecule has 1 aliphatic heterocycles. The number of nitrogens with zero attached hydrogens (tertiary/aromatic N) is 3. The molecule has 0 unspecified atom stereocenters. The van der Waals surface area contributed by atoms with Gasteiger partial charge in [-0.2, -0.15) is 5.10 Å². The molecule has 1 N–H and O–H groups in total. The molecule has 0 bridgehead atoms. The largest absolute Gasteiger partial charge is 0.294 e. The van der Waals surface area contributed by atoms with Gasteiger partial charge in [0.1, 0.15) is 0 Å². The van der Waals surface area contributed by atoms with Gasteiger partial charge in [0.2, 0.25) is 0 Å². The fourth-order valence-electron chi connectivity index (χ4n) is 3.31. The number of fused-ring (bicyclic) bond motifs is 1. The highest BCUT2D eigenvalue weighted by Crippen LogP contribution is 2.30. The van der Waals surface area contributed by atoms with Crippen molar-refractivity contribution in [1.82, 2.24) is 15.1 Å². The third-order valence-electron chi connectivity index (χ3n) is 4.61. The van der Waals surface area contributed by atoms with E-state index < -0.39 is 0 Å². The molecular formula is C19H18N4O2. The smallest absolute Gasteiger partial charge is 0.269 e. The van der Waals surface area contributed by atoms with Gasteiger partial charge in [-0.25, -0.2) is 0 Å². The van der Waals surface area contributed by atoms with Crippen molar-refractivity contribution in [2.24, 2.45) is 0 Å². The van der Waals surface area contributed by atoms with E-state index in [0.29, 0.717) is 0 Å². The number of hydrogen-bond donors (Lipinski definition) is 1. The molecule has 6 nitrogen and oxygen atoms in total. The molecule has 0 atom stereocenters. The lowest BCUT2D eigenvalue weighted by Gasteiger charge is -2.27. The van der Waals surface area contributed by atoms with Gasteiger partial charge in [-0.1, -0.05) is 30.3 Å². The van der Waals surface area contributed by atoms with Crippen LogP contribution in [0, 0.1) is 10.1 Å². The molecule has 0 saturated carbocycles. The van der Waals surface area contributed by atoms with Gasteiger partial charge < -0.3 is 0 Å². The molecule has 0 spiro atoms. The minimum absolute atomic E-state index is 0.0962. The maximum Gasteiger partial charge on any atom is 0.269 e. The monoisotopic (exact) mass is 334 g/mol. The molecule has 126 valence electrons. The Balaban J connectivity index is 1.57. The molecule has 0 saturated heterocycles. The van der Waals surface area contributed by atoms with E-state index in [1.54, 1.807) is 12.1 Å². The summed E-state index contributed by atoms with van der Waals surface area (Å²) in [7, 11) is 0. The van der Waals surface area contributed by atoms with Crippen LogP contribution in [-0.2, 0) is 19.5 Å². The average molecular weight is 334 g/mol. The first kappa shape index (κ1) is 15.5. The average Bonchev–Trinajstić information content (AvgIpc) is 3.06. The van der Waals surface area contributed by atoms with Crippen LogP contribution in [0.3, 0.4) is 0 Å². The van der Waals surface area contributed by atoms with Gasteiger partial charge in [-0.3, -0.25) is 20.1 Å². The molecule has 6 heteroatoms. The molecule has 0 amide bonds. The van der Waals surface area contributed by atoms with E-state index in [0.717, 1.165) is 43.0 Å². The van der Waals surface area contributed by atoms with Crippen molar-refractivity contribution in [3.05, 3.63) is 81.5 Å². The maximum absolute atomic E-state index is 10.8. The summed E-state index contributed by atoms with van der Waals surface area (Å²) in [5, 5.41) is 18.4. The normalized spacial score (nSPS) is 14.2. The number of nitro benzene ring substituents is 1. The number of H-pyrrole nitrogens is 1. The molecule has 2 heterocycles. The summed E-state index contributed by atoms with van der Waals surface area (Å²) >= 11 is 0. The van der Waals surface area contributed by atoms with Gasteiger partial charge in [0.15, 0.2) is 0 Å². The number of nitrogens with one attached hydrogen (secondary N) is 1. The molecule has 1 aromatic heterocycles. The quantitative estimate of drug-likeness (QED) is 0.585. The number of aromatic amines is 1. The lowest BCUT2D eigenvalue weighted by molar-refractivity contribution is -0.384. The van der Waals surface area contributed by atoms with Crippen molar-refractivity contribution < 1.29 is 4.92 Å². The van der Waals surface area contributed by atoms with Crippen LogP contribution < -0.4 is 0 Å². The third kappa shape index (κ3) is 3.16. The van der Waals surface area contributed by atoms with E-state index in [-0.39, 0.29) is 10.6 Å². The molecular weight excluding hydrogens is 316 g/mol. The number of aromatic nitrogens is 2. The highest BCUT2D eigenvalue weighted by atomic mass is 16.6. The zero-order valence-electron chi connectivity index (χ0n) is 13.7. The molecule has 25 heavy (non-hydrogen) atoms. The summed E-state index contributed by atoms with van der Waals surface area (Å²) in [5.74, 6) is 0. The highest BCUT2D eigenvalue weighted by molar-refractivity contribution is 5.65. The van der Waals surface area contributed by atoms with Crippen LogP contribution in [0.1, 0.15) is 16.8 Å². The summed E-state index contributed by atoms with van der Waals surface area (Å²) in [6, 6.07) is 17.0. The van der Waals surface area contributed by atoms with Crippen LogP contribution in [0.15, 0.2) is 54.6 Å². The molecule has 0 fully saturated rings. The van der Waals surface area contributed by atoms with Gasteiger partial charge in [-0.15, -0.1) is 0 Å². The fourth-order valence-corrected chi connectivity index (χ4v) is 3.31. The fraction of sp³-hybridized carbons (Fsp3) is 0.211. The van der Waals surface area contributed by atoms with Crippen LogP contribution in [-0.4, -0.2) is 26.6 Å². The summed E-state index contributed by atoms with van der Waals surface area (Å²) in [6.45, 7) is 2.72. The standard InChI is InChI=1S/C19H18N4O2/c24-23(25)16-8-6-15(7-9-16)19-17-13-22(11-10-18(17)20-21-19)12-14-4-2-1-3-5-14/h1-9H,10-13H2,(H,20,21). The number of benzene rings is 2. The maximum atomic E-state index is 10.8. The molecule has 0 radical (unpaired) electrons. The number of non-ortho nitro benzene ring substituents is 1. The Morgan fingerprint density at radius 2 is 1.88 bits per heavy atom. The van der Waals surface area contributed by atoms with Crippen LogP contribution >= 0.6 is 0 Å². The van der Waals surface area contributed by atoms with E-state index >= 15 is 0 Å². The topological polar surface area (TPSA) is 75.1 Å². The predicted octanol–water partition coefficient (Wildman–Crippen LogP) is 3.54. The van der Waals surface area contributed by atoms with Crippen molar-refractivity contribution in [3.8, 4) is 11.3 Å². The van der Waals surface area contributed by atoms with Crippen LogP contribution in [0.4, 0.5) is 5.69 Å². The number of rotatable bonds is 4.